The Bertz CT molecular complexity index is 1870. The summed E-state index contributed by atoms with van der Waals surface area (Å²) in [4.78, 5) is 29.0. The summed E-state index contributed by atoms with van der Waals surface area (Å²) in [5, 5.41) is 3.57. The summed E-state index contributed by atoms with van der Waals surface area (Å²) in [6, 6.07) is 24.7. The van der Waals surface area contributed by atoms with E-state index in [1.165, 1.54) is 0 Å². The number of hydrogen-bond donors (Lipinski definition) is 0. The van der Waals surface area contributed by atoms with Crippen LogP contribution >= 0.6 is 24.0 Å². The molecule has 240 valence electrons. The smallest absolute Gasteiger partial charge is 0.310 e. The highest BCUT2D eigenvalue weighted by atomic mass is 35.5. The van der Waals surface area contributed by atoms with Crippen LogP contribution in [0, 0.1) is 6.92 Å². The number of morpholine rings is 1. The average Bonchev–Trinajstić information content (AvgIpc) is 3.33. The van der Waals surface area contributed by atoms with Gasteiger partial charge >= 0.3 is 5.97 Å². The van der Waals surface area contributed by atoms with E-state index in [0.717, 1.165) is 39.6 Å². The Morgan fingerprint density at radius 2 is 1.61 bits per heavy atom. The lowest BCUT2D eigenvalue weighted by Crippen LogP contribution is -2.40. The van der Waals surface area contributed by atoms with Crippen molar-refractivity contribution < 1.29 is 28.5 Å². The monoisotopic (exact) mass is 662 g/mol. The highest BCUT2D eigenvalue weighted by Gasteiger charge is 2.24. The number of ether oxygens (including phenoxy) is 4. The summed E-state index contributed by atoms with van der Waals surface area (Å²) in [5.74, 6) is 0.916. The Balaban J connectivity index is 0.00000417. The van der Waals surface area contributed by atoms with Crippen LogP contribution in [-0.2, 0) is 20.7 Å². The maximum atomic E-state index is 13.6. The number of carbonyl (C=O) groups excluding carboxylic acids is 2. The molecule has 0 N–H and O–H groups in total. The first-order valence-corrected chi connectivity index (χ1v) is 15.3. The van der Waals surface area contributed by atoms with Crippen LogP contribution in [-0.4, -0.2) is 68.4 Å². The predicted molar refractivity (Wildman–Crippen MR) is 182 cm³/mol. The van der Waals surface area contributed by atoms with E-state index in [0.29, 0.717) is 47.2 Å². The first-order valence-electron chi connectivity index (χ1n) is 14.9. The van der Waals surface area contributed by atoms with Gasteiger partial charge in [-0.2, -0.15) is 0 Å². The van der Waals surface area contributed by atoms with Crippen molar-refractivity contribution in [1.29, 1.82) is 0 Å². The minimum absolute atomic E-state index is 0. The summed E-state index contributed by atoms with van der Waals surface area (Å²) in [6.45, 7) is 4.77. The summed E-state index contributed by atoms with van der Waals surface area (Å²) in [7, 11) is 3.26. The number of carbonyl (C=O) groups is 2. The zero-order valence-corrected chi connectivity index (χ0v) is 27.5. The summed E-state index contributed by atoms with van der Waals surface area (Å²) in [5.41, 5.74) is 3.72. The van der Waals surface area contributed by atoms with Gasteiger partial charge in [-0.1, -0.05) is 29.8 Å². The number of nitrogens with zero attached hydrogens (tertiary/aromatic N) is 2. The predicted octanol–water partition coefficient (Wildman–Crippen LogP) is 7.04. The molecule has 46 heavy (non-hydrogen) atoms. The van der Waals surface area contributed by atoms with Gasteiger partial charge in [0.15, 0.2) is 0 Å². The van der Waals surface area contributed by atoms with Crippen LogP contribution < -0.4 is 9.47 Å². The van der Waals surface area contributed by atoms with Gasteiger partial charge in [0, 0.05) is 41.3 Å². The fraction of sp³-hybridized carbons (Fsp3) is 0.278. The van der Waals surface area contributed by atoms with Crippen molar-refractivity contribution in [3.8, 4) is 11.5 Å². The van der Waals surface area contributed by atoms with Crippen molar-refractivity contribution in [3.63, 3.8) is 0 Å². The van der Waals surface area contributed by atoms with Crippen LogP contribution in [0.4, 0.5) is 0 Å². The Labute approximate surface area is 279 Å². The van der Waals surface area contributed by atoms with E-state index >= 15 is 0 Å². The number of fused-ring (bicyclic) bond motifs is 2. The molecular weight excluding hydrogens is 627 g/mol. The van der Waals surface area contributed by atoms with Gasteiger partial charge in [-0.3, -0.25) is 19.1 Å². The van der Waals surface area contributed by atoms with Crippen LogP contribution in [0.5, 0.6) is 11.5 Å². The highest BCUT2D eigenvalue weighted by Crippen LogP contribution is 2.31. The highest BCUT2D eigenvalue weighted by molar-refractivity contribution is 6.30. The third-order valence-corrected chi connectivity index (χ3v) is 8.67. The SMILES string of the molecule is COc1ccc2cc(C3CN(CCOC(=O)Cc4c(C)n(C(=O)c5ccc(Cl)cc5)c5ccc(OC)cc45)CCO3)ccc2c1.Cl. The maximum absolute atomic E-state index is 13.6. The lowest BCUT2D eigenvalue weighted by atomic mass is 10.0. The normalized spacial score (nSPS) is 15.0. The zero-order chi connectivity index (χ0) is 31.5. The van der Waals surface area contributed by atoms with Crippen LogP contribution in [0.3, 0.4) is 0 Å². The molecule has 1 unspecified atom stereocenters. The molecule has 1 atom stereocenters. The molecule has 0 radical (unpaired) electrons. The van der Waals surface area contributed by atoms with E-state index in [2.05, 4.69) is 29.2 Å². The van der Waals surface area contributed by atoms with Crippen LogP contribution in [0.25, 0.3) is 21.7 Å². The van der Waals surface area contributed by atoms with Crippen molar-refractivity contribution in [3.05, 3.63) is 106 Å². The van der Waals surface area contributed by atoms with Gasteiger partial charge in [-0.25, -0.2) is 0 Å². The molecule has 1 aromatic heterocycles. The van der Waals surface area contributed by atoms with Gasteiger partial charge < -0.3 is 18.9 Å². The van der Waals surface area contributed by atoms with Gasteiger partial charge in [0.2, 0.25) is 0 Å². The number of methoxy groups -OCH3 is 2. The molecule has 8 nitrogen and oxygen atoms in total. The third kappa shape index (κ3) is 7.00. The molecule has 0 spiro atoms. The minimum Gasteiger partial charge on any atom is -0.497 e. The van der Waals surface area contributed by atoms with Crippen LogP contribution in [0.2, 0.25) is 5.02 Å². The van der Waals surface area contributed by atoms with E-state index in [4.69, 9.17) is 30.5 Å². The lowest BCUT2D eigenvalue weighted by molar-refractivity contribution is -0.143. The number of esters is 1. The Morgan fingerprint density at radius 3 is 2.37 bits per heavy atom. The fourth-order valence-electron chi connectivity index (χ4n) is 5.96. The number of halogens is 2. The molecule has 10 heteroatoms. The second-order valence-electron chi connectivity index (χ2n) is 11.1. The molecule has 2 heterocycles. The van der Waals surface area contributed by atoms with Gasteiger partial charge in [0.05, 0.1) is 38.9 Å². The second kappa shape index (κ2) is 14.6. The van der Waals surface area contributed by atoms with Gasteiger partial charge in [0.25, 0.3) is 5.91 Å². The topological polar surface area (TPSA) is 79.2 Å². The van der Waals surface area contributed by atoms with Gasteiger partial charge in [-0.05, 0) is 89.5 Å². The molecule has 0 amide bonds. The molecule has 5 aromatic rings. The van der Waals surface area contributed by atoms with Crippen molar-refractivity contribution >= 4 is 57.6 Å². The van der Waals surface area contributed by atoms with Crippen molar-refractivity contribution in [1.82, 2.24) is 9.47 Å². The number of benzene rings is 4. The maximum Gasteiger partial charge on any atom is 0.310 e. The number of aromatic nitrogens is 1. The molecule has 1 aliphatic heterocycles. The molecular formula is C36H36Cl2N2O6. The fourth-order valence-corrected chi connectivity index (χ4v) is 6.08. The van der Waals surface area contributed by atoms with Crippen LogP contribution in [0.1, 0.15) is 33.3 Å². The Kier molecular flexibility index (Phi) is 10.5. The summed E-state index contributed by atoms with van der Waals surface area (Å²) in [6.07, 6.45) is -0.0350. The summed E-state index contributed by atoms with van der Waals surface area (Å²) >= 11 is 6.04. The largest absolute Gasteiger partial charge is 0.497 e. The molecule has 6 rings (SSSR count). The molecule has 1 fully saturated rings. The first-order chi connectivity index (χ1) is 21.8. The van der Waals surface area contributed by atoms with Crippen LogP contribution in [0.15, 0.2) is 78.9 Å². The number of rotatable bonds is 9. The molecule has 1 aliphatic rings. The number of hydrogen-bond acceptors (Lipinski definition) is 7. The van der Waals surface area contributed by atoms with Crippen molar-refractivity contribution in [2.75, 3.05) is 47.1 Å². The average molecular weight is 664 g/mol. The van der Waals surface area contributed by atoms with E-state index in [9.17, 15) is 9.59 Å². The summed E-state index contributed by atoms with van der Waals surface area (Å²) < 4.78 is 24.3. The first kappa shape index (κ1) is 33.3. The molecule has 0 aliphatic carbocycles. The molecule has 4 aromatic carbocycles. The van der Waals surface area contributed by atoms with Gasteiger partial charge in [0.1, 0.15) is 18.1 Å². The standard InChI is InChI=1S/C36H35ClN2O6.ClH/c1-23-31(32-20-30(43-3)12-13-33(32)39(23)36(41)24-6-9-28(37)10-7-24)21-35(40)45-17-15-38-14-16-44-34(22-38)27-5-4-26-19-29(42-2)11-8-25(26)18-27;/h4-13,18-20,34H,14-17,21-22H2,1-3H3;1H. The Hall–Kier alpha value is -4.08. The third-order valence-electron chi connectivity index (χ3n) is 8.42. The molecule has 0 saturated carbocycles. The van der Waals surface area contributed by atoms with E-state index in [1.807, 2.05) is 31.2 Å². The van der Waals surface area contributed by atoms with E-state index in [1.54, 1.807) is 49.1 Å². The van der Waals surface area contributed by atoms with E-state index in [-0.39, 0.29) is 43.4 Å². The second-order valence-corrected chi connectivity index (χ2v) is 11.6. The van der Waals surface area contributed by atoms with Crippen molar-refractivity contribution in [2.45, 2.75) is 19.4 Å². The quantitative estimate of drug-likeness (QED) is 0.157. The van der Waals surface area contributed by atoms with Crippen molar-refractivity contribution in [2.24, 2.45) is 0 Å². The molecule has 1 saturated heterocycles. The van der Waals surface area contributed by atoms with E-state index < -0.39 is 0 Å². The minimum atomic E-state index is -0.353. The molecule has 0 bridgehead atoms. The lowest BCUT2D eigenvalue weighted by Gasteiger charge is -2.33. The van der Waals surface area contributed by atoms with Gasteiger partial charge in [-0.15, -0.1) is 12.4 Å². The Morgan fingerprint density at radius 1 is 0.913 bits per heavy atom. The zero-order valence-electron chi connectivity index (χ0n) is 26.0.